The van der Waals surface area contributed by atoms with Crippen LogP contribution < -0.4 is 5.73 Å². The molecule has 1 heterocycles. The van der Waals surface area contributed by atoms with Crippen LogP contribution in [0.25, 0.3) is 10.9 Å². The van der Waals surface area contributed by atoms with Gasteiger partial charge in [-0.2, -0.15) is 0 Å². The van der Waals surface area contributed by atoms with Crippen molar-refractivity contribution >= 4 is 26.8 Å². The van der Waals surface area contributed by atoms with Crippen LogP contribution in [0.3, 0.4) is 0 Å². The average Bonchev–Trinajstić information content (AvgIpc) is 2.58. The fraction of sp³-hybridized carbons (Fsp3) is 0.429. The van der Waals surface area contributed by atoms with Crippen LogP contribution in [0.5, 0.6) is 0 Å². The summed E-state index contributed by atoms with van der Waals surface area (Å²) < 4.78 is 16.4. The molecule has 0 aliphatic carbocycles. The second-order valence-corrected chi connectivity index (χ2v) is 5.88. The van der Waals surface area contributed by atoms with Gasteiger partial charge in [-0.1, -0.05) is 13.8 Å². The van der Waals surface area contributed by atoms with Crippen molar-refractivity contribution in [3.05, 3.63) is 34.2 Å². The third-order valence-corrected chi connectivity index (χ3v) is 3.59. The molecule has 0 aliphatic rings. The van der Waals surface area contributed by atoms with Gasteiger partial charge in [-0.15, -0.1) is 0 Å². The summed E-state index contributed by atoms with van der Waals surface area (Å²) in [5.41, 5.74) is 7.81. The number of nitrogens with zero attached hydrogens (tertiary/aromatic N) is 1. The summed E-state index contributed by atoms with van der Waals surface area (Å²) in [6.45, 7) is 5.86. The molecule has 0 saturated heterocycles. The minimum absolute atomic E-state index is 0.219. The van der Waals surface area contributed by atoms with Crippen LogP contribution in [0.2, 0.25) is 0 Å². The SMILES string of the molecule is CC(C)Cn1cc(CCN)c2cc(F)c(Br)cc21. The van der Waals surface area contributed by atoms with Crippen molar-refractivity contribution in [2.24, 2.45) is 11.7 Å². The summed E-state index contributed by atoms with van der Waals surface area (Å²) >= 11 is 3.25. The van der Waals surface area contributed by atoms with E-state index in [4.69, 9.17) is 5.73 Å². The molecule has 0 unspecified atom stereocenters. The van der Waals surface area contributed by atoms with Gasteiger partial charge in [0.05, 0.1) is 4.47 Å². The predicted octanol–water partition coefficient (Wildman–Crippen LogP) is 3.70. The number of nitrogens with two attached hydrogens (primary N) is 1. The lowest BCUT2D eigenvalue weighted by molar-refractivity contribution is 0.534. The van der Waals surface area contributed by atoms with Crippen molar-refractivity contribution in [3.63, 3.8) is 0 Å². The molecule has 0 bridgehead atoms. The Morgan fingerprint density at radius 2 is 2.11 bits per heavy atom. The lowest BCUT2D eigenvalue weighted by atomic mass is 10.1. The molecule has 2 N–H and O–H groups in total. The van der Waals surface area contributed by atoms with Gasteiger partial charge in [-0.05, 0) is 52.5 Å². The van der Waals surface area contributed by atoms with Crippen molar-refractivity contribution in [1.29, 1.82) is 0 Å². The second-order valence-electron chi connectivity index (χ2n) is 5.02. The number of aromatic nitrogens is 1. The summed E-state index contributed by atoms with van der Waals surface area (Å²) in [5.74, 6) is 0.332. The third kappa shape index (κ3) is 2.59. The first-order valence-corrected chi connectivity index (χ1v) is 6.99. The van der Waals surface area contributed by atoms with Crippen LogP contribution in [-0.2, 0) is 13.0 Å². The standard InChI is InChI=1S/C14H18BrFN2/c1-9(2)7-18-8-10(3-4-17)11-5-13(16)12(15)6-14(11)18/h5-6,8-9H,3-4,7,17H2,1-2H3. The van der Waals surface area contributed by atoms with E-state index in [1.165, 1.54) is 0 Å². The van der Waals surface area contributed by atoms with E-state index in [1.54, 1.807) is 6.07 Å². The summed E-state index contributed by atoms with van der Waals surface area (Å²) in [7, 11) is 0. The van der Waals surface area contributed by atoms with Crippen LogP contribution in [0.4, 0.5) is 4.39 Å². The highest BCUT2D eigenvalue weighted by Gasteiger charge is 2.12. The Morgan fingerprint density at radius 1 is 1.39 bits per heavy atom. The Hall–Kier alpha value is -0.870. The van der Waals surface area contributed by atoms with Crippen LogP contribution in [0, 0.1) is 11.7 Å². The van der Waals surface area contributed by atoms with Gasteiger partial charge in [0.25, 0.3) is 0 Å². The van der Waals surface area contributed by atoms with Gasteiger partial charge in [-0.25, -0.2) is 4.39 Å². The molecular formula is C14H18BrFN2. The Morgan fingerprint density at radius 3 is 2.72 bits per heavy atom. The molecule has 0 radical (unpaired) electrons. The normalized spacial score (nSPS) is 11.7. The fourth-order valence-corrected chi connectivity index (χ4v) is 2.59. The lowest BCUT2D eigenvalue weighted by Crippen LogP contribution is -2.04. The Bertz CT molecular complexity index is 560. The highest BCUT2D eigenvalue weighted by molar-refractivity contribution is 9.10. The van der Waals surface area contributed by atoms with Crippen LogP contribution in [-0.4, -0.2) is 11.1 Å². The van der Waals surface area contributed by atoms with Crippen LogP contribution in [0.1, 0.15) is 19.4 Å². The summed E-state index contributed by atoms with van der Waals surface area (Å²) in [6.07, 6.45) is 2.88. The zero-order valence-electron chi connectivity index (χ0n) is 10.7. The highest BCUT2D eigenvalue weighted by Crippen LogP contribution is 2.28. The Labute approximate surface area is 115 Å². The third-order valence-electron chi connectivity index (χ3n) is 2.98. The highest BCUT2D eigenvalue weighted by atomic mass is 79.9. The monoisotopic (exact) mass is 312 g/mol. The van der Waals surface area contributed by atoms with E-state index in [1.807, 2.05) is 6.07 Å². The number of hydrogen-bond acceptors (Lipinski definition) is 1. The van der Waals surface area contributed by atoms with Crippen molar-refractivity contribution in [1.82, 2.24) is 4.57 Å². The van der Waals surface area contributed by atoms with E-state index >= 15 is 0 Å². The molecule has 2 aromatic rings. The van der Waals surface area contributed by atoms with E-state index in [0.29, 0.717) is 16.9 Å². The maximum absolute atomic E-state index is 13.7. The van der Waals surface area contributed by atoms with Crippen molar-refractivity contribution in [2.75, 3.05) is 6.54 Å². The first kappa shape index (κ1) is 13.6. The molecule has 1 aromatic heterocycles. The zero-order chi connectivity index (χ0) is 13.3. The maximum atomic E-state index is 13.7. The van der Waals surface area contributed by atoms with E-state index < -0.39 is 0 Å². The Kier molecular flexibility index (Phi) is 4.07. The molecule has 0 atom stereocenters. The van der Waals surface area contributed by atoms with Crippen molar-refractivity contribution < 1.29 is 4.39 Å². The predicted molar refractivity (Wildman–Crippen MR) is 77.2 cm³/mol. The number of fused-ring (bicyclic) bond motifs is 1. The van der Waals surface area contributed by atoms with E-state index in [9.17, 15) is 4.39 Å². The number of benzene rings is 1. The lowest BCUT2D eigenvalue weighted by Gasteiger charge is -2.08. The molecule has 0 saturated carbocycles. The zero-order valence-corrected chi connectivity index (χ0v) is 12.3. The maximum Gasteiger partial charge on any atom is 0.138 e. The molecule has 18 heavy (non-hydrogen) atoms. The average molecular weight is 313 g/mol. The quantitative estimate of drug-likeness (QED) is 0.917. The van der Waals surface area contributed by atoms with E-state index in [-0.39, 0.29) is 5.82 Å². The molecule has 1 aromatic carbocycles. The molecule has 2 rings (SSSR count). The molecule has 0 aliphatic heterocycles. The minimum Gasteiger partial charge on any atom is -0.347 e. The van der Waals surface area contributed by atoms with Gasteiger partial charge in [0.15, 0.2) is 0 Å². The van der Waals surface area contributed by atoms with Gasteiger partial charge < -0.3 is 10.3 Å². The summed E-state index contributed by atoms with van der Waals surface area (Å²) in [6, 6.07) is 3.45. The smallest absolute Gasteiger partial charge is 0.138 e. The van der Waals surface area contributed by atoms with Crippen LogP contribution >= 0.6 is 15.9 Å². The number of rotatable bonds is 4. The second kappa shape index (κ2) is 5.41. The summed E-state index contributed by atoms with van der Waals surface area (Å²) in [4.78, 5) is 0. The molecule has 0 spiro atoms. The minimum atomic E-state index is -0.219. The Balaban J connectivity index is 2.60. The number of halogens is 2. The number of hydrogen-bond donors (Lipinski definition) is 1. The summed E-state index contributed by atoms with van der Waals surface area (Å²) in [5, 5.41) is 0.974. The van der Waals surface area contributed by atoms with Crippen LogP contribution in [0.15, 0.2) is 22.8 Å². The van der Waals surface area contributed by atoms with Gasteiger partial charge in [0.2, 0.25) is 0 Å². The molecular weight excluding hydrogens is 295 g/mol. The fourth-order valence-electron chi connectivity index (χ4n) is 2.26. The van der Waals surface area contributed by atoms with Crippen molar-refractivity contribution in [3.8, 4) is 0 Å². The largest absolute Gasteiger partial charge is 0.347 e. The first-order valence-electron chi connectivity index (χ1n) is 6.19. The van der Waals surface area contributed by atoms with E-state index in [2.05, 4.69) is 40.5 Å². The first-order chi connectivity index (χ1) is 8.52. The van der Waals surface area contributed by atoms with Crippen molar-refractivity contribution in [2.45, 2.75) is 26.8 Å². The van der Waals surface area contributed by atoms with Gasteiger partial charge in [-0.3, -0.25) is 0 Å². The molecule has 0 fully saturated rings. The molecule has 4 heteroatoms. The topological polar surface area (TPSA) is 30.9 Å². The van der Waals surface area contributed by atoms with E-state index in [0.717, 1.165) is 29.4 Å². The molecule has 98 valence electrons. The molecule has 2 nitrogen and oxygen atoms in total. The van der Waals surface area contributed by atoms with Gasteiger partial charge >= 0.3 is 0 Å². The molecule has 0 amide bonds. The van der Waals surface area contributed by atoms with Gasteiger partial charge in [0, 0.05) is 23.6 Å². The van der Waals surface area contributed by atoms with Gasteiger partial charge in [0.1, 0.15) is 5.82 Å².